The van der Waals surface area contributed by atoms with Gasteiger partial charge in [-0.25, -0.2) is 4.79 Å². The van der Waals surface area contributed by atoms with E-state index in [1.807, 2.05) is 31.2 Å². The Hall–Kier alpha value is -3.23. The third-order valence-electron chi connectivity index (χ3n) is 4.70. The van der Waals surface area contributed by atoms with Gasteiger partial charge in [0.15, 0.2) is 6.61 Å². The first-order chi connectivity index (χ1) is 14.9. The Morgan fingerprint density at radius 3 is 2.44 bits per heavy atom. The van der Waals surface area contributed by atoms with E-state index in [1.165, 1.54) is 6.20 Å². The Bertz CT molecular complexity index is 1070. The summed E-state index contributed by atoms with van der Waals surface area (Å²) in [5.41, 5.74) is 2.23. The van der Waals surface area contributed by atoms with E-state index >= 15 is 0 Å². The molecule has 2 N–H and O–H groups in total. The number of fused-ring (bicyclic) bond motifs is 1. The molecule has 0 bridgehead atoms. The highest BCUT2D eigenvalue weighted by molar-refractivity contribution is 5.92. The number of nitrogens with one attached hydrogen (secondary N) is 2. The van der Waals surface area contributed by atoms with Crippen LogP contribution >= 0.6 is 0 Å². The SMILES string of the molecule is CC(CNC(=O)OC(C)(C)C)c1ccc(-c2ccc3[nH]ncc3c2OCC(F)(F)F)cc1. The molecule has 1 unspecified atom stereocenters. The van der Waals surface area contributed by atoms with Crippen LogP contribution in [0.4, 0.5) is 18.0 Å². The highest BCUT2D eigenvalue weighted by atomic mass is 19.4. The number of alkyl halides is 3. The van der Waals surface area contributed by atoms with E-state index in [0.29, 0.717) is 28.6 Å². The lowest BCUT2D eigenvalue weighted by Crippen LogP contribution is -2.34. The van der Waals surface area contributed by atoms with E-state index < -0.39 is 24.5 Å². The molecule has 0 radical (unpaired) electrons. The van der Waals surface area contributed by atoms with Gasteiger partial charge in [-0.15, -0.1) is 0 Å². The van der Waals surface area contributed by atoms with Crippen LogP contribution in [0, 0.1) is 0 Å². The molecule has 0 spiro atoms. The van der Waals surface area contributed by atoms with Gasteiger partial charge in [0.2, 0.25) is 0 Å². The van der Waals surface area contributed by atoms with Crippen LogP contribution in [0.25, 0.3) is 22.0 Å². The van der Waals surface area contributed by atoms with Crippen LogP contribution in [-0.2, 0) is 4.74 Å². The number of aromatic amines is 1. The number of halogens is 3. The molecule has 3 aromatic rings. The van der Waals surface area contributed by atoms with E-state index in [2.05, 4.69) is 15.5 Å². The van der Waals surface area contributed by atoms with Crippen LogP contribution < -0.4 is 10.1 Å². The number of hydrogen-bond acceptors (Lipinski definition) is 4. The van der Waals surface area contributed by atoms with E-state index in [9.17, 15) is 18.0 Å². The number of H-pyrrole nitrogens is 1. The molecule has 6 nitrogen and oxygen atoms in total. The van der Waals surface area contributed by atoms with Crippen molar-refractivity contribution in [1.29, 1.82) is 0 Å². The number of nitrogens with zero attached hydrogens (tertiary/aromatic N) is 1. The van der Waals surface area contributed by atoms with Crippen molar-refractivity contribution in [3.05, 3.63) is 48.2 Å². The summed E-state index contributed by atoms with van der Waals surface area (Å²) in [6, 6.07) is 10.9. The number of hydrogen-bond donors (Lipinski definition) is 2. The van der Waals surface area contributed by atoms with Gasteiger partial charge in [0.1, 0.15) is 11.4 Å². The summed E-state index contributed by atoms with van der Waals surface area (Å²) >= 11 is 0. The van der Waals surface area contributed by atoms with Crippen molar-refractivity contribution in [2.75, 3.05) is 13.2 Å². The predicted molar refractivity (Wildman–Crippen MR) is 116 cm³/mol. The highest BCUT2D eigenvalue weighted by Crippen LogP contribution is 2.37. The summed E-state index contributed by atoms with van der Waals surface area (Å²) in [4.78, 5) is 11.9. The largest absolute Gasteiger partial charge is 0.483 e. The molecule has 1 atom stereocenters. The fraction of sp³-hybridized carbons (Fsp3) is 0.391. The number of carbonyl (C=O) groups is 1. The summed E-state index contributed by atoms with van der Waals surface area (Å²) in [5.74, 6) is 0.134. The van der Waals surface area contributed by atoms with Gasteiger partial charge in [-0.05, 0) is 49.9 Å². The molecule has 1 amide bonds. The standard InChI is InChI=1S/C23H26F3N3O3/c1-14(11-27-21(30)32-22(2,3)4)15-5-7-16(8-6-15)17-9-10-19-18(12-28-29-19)20(17)31-13-23(24,25)26/h5-10,12,14H,11,13H2,1-4H3,(H,27,30)(H,28,29). The normalized spacial score (nSPS) is 13.1. The fourth-order valence-electron chi connectivity index (χ4n) is 3.19. The van der Waals surface area contributed by atoms with Crippen molar-refractivity contribution < 1.29 is 27.4 Å². The van der Waals surface area contributed by atoms with Gasteiger partial charge < -0.3 is 14.8 Å². The number of amides is 1. The third kappa shape index (κ3) is 6.15. The molecule has 9 heteroatoms. The molecular weight excluding hydrogens is 423 g/mol. The maximum absolute atomic E-state index is 12.8. The minimum absolute atomic E-state index is 0.00821. The zero-order valence-corrected chi connectivity index (χ0v) is 18.3. The minimum atomic E-state index is -4.45. The molecule has 1 heterocycles. The number of ether oxygens (including phenoxy) is 2. The van der Waals surface area contributed by atoms with Gasteiger partial charge in [-0.1, -0.05) is 31.2 Å². The van der Waals surface area contributed by atoms with E-state index in [-0.39, 0.29) is 11.7 Å². The van der Waals surface area contributed by atoms with Crippen molar-refractivity contribution in [2.45, 2.75) is 45.4 Å². The molecule has 0 aliphatic rings. The lowest BCUT2D eigenvalue weighted by molar-refractivity contribution is -0.153. The average Bonchev–Trinajstić information content (AvgIpc) is 3.17. The Morgan fingerprint density at radius 2 is 1.81 bits per heavy atom. The molecule has 0 aliphatic heterocycles. The summed E-state index contributed by atoms with van der Waals surface area (Å²) in [7, 11) is 0. The molecule has 0 aliphatic carbocycles. The van der Waals surface area contributed by atoms with Crippen LogP contribution in [0.5, 0.6) is 5.75 Å². The number of rotatable bonds is 6. The third-order valence-corrected chi connectivity index (χ3v) is 4.70. The van der Waals surface area contributed by atoms with Gasteiger partial charge in [-0.2, -0.15) is 18.3 Å². The predicted octanol–water partition coefficient (Wildman–Crippen LogP) is 5.80. The topological polar surface area (TPSA) is 76.2 Å². The Balaban J connectivity index is 1.77. The van der Waals surface area contributed by atoms with Gasteiger partial charge in [0, 0.05) is 12.1 Å². The summed E-state index contributed by atoms with van der Waals surface area (Å²) < 4.78 is 48.7. The lowest BCUT2D eigenvalue weighted by atomic mass is 9.96. The maximum atomic E-state index is 12.8. The molecule has 32 heavy (non-hydrogen) atoms. The molecule has 172 valence electrons. The Kier molecular flexibility index (Phi) is 6.66. The first-order valence-corrected chi connectivity index (χ1v) is 10.2. The summed E-state index contributed by atoms with van der Waals surface area (Å²) in [5, 5.41) is 9.87. The van der Waals surface area contributed by atoms with Crippen LogP contribution in [0.3, 0.4) is 0 Å². The molecule has 0 saturated carbocycles. The lowest BCUT2D eigenvalue weighted by Gasteiger charge is -2.21. The van der Waals surface area contributed by atoms with E-state index in [0.717, 1.165) is 5.56 Å². The molecule has 1 aromatic heterocycles. The van der Waals surface area contributed by atoms with Crippen LogP contribution in [0.2, 0.25) is 0 Å². The number of aromatic nitrogens is 2. The van der Waals surface area contributed by atoms with Crippen LogP contribution in [0.1, 0.15) is 39.2 Å². The number of carbonyl (C=O) groups excluding carboxylic acids is 1. The highest BCUT2D eigenvalue weighted by Gasteiger charge is 2.29. The van der Waals surface area contributed by atoms with Crippen molar-refractivity contribution in [1.82, 2.24) is 15.5 Å². The first kappa shape index (κ1) is 23.4. The second-order valence-electron chi connectivity index (χ2n) is 8.58. The summed E-state index contributed by atoms with van der Waals surface area (Å²) in [6.07, 6.45) is -3.49. The Labute approximate surface area is 184 Å². The van der Waals surface area contributed by atoms with E-state index in [1.54, 1.807) is 32.9 Å². The van der Waals surface area contributed by atoms with Crippen molar-refractivity contribution >= 4 is 17.0 Å². The zero-order valence-electron chi connectivity index (χ0n) is 18.3. The monoisotopic (exact) mass is 449 g/mol. The van der Waals surface area contributed by atoms with Gasteiger partial charge in [0.25, 0.3) is 0 Å². The molecule has 0 saturated heterocycles. The van der Waals surface area contributed by atoms with E-state index in [4.69, 9.17) is 9.47 Å². The first-order valence-electron chi connectivity index (χ1n) is 10.2. The molecule has 2 aromatic carbocycles. The molecule has 3 rings (SSSR count). The average molecular weight is 449 g/mol. The Morgan fingerprint density at radius 1 is 1.12 bits per heavy atom. The van der Waals surface area contributed by atoms with Crippen molar-refractivity contribution in [2.24, 2.45) is 0 Å². The fourth-order valence-corrected chi connectivity index (χ4v) is 3.19. The summed E-state index contributed by atoms with van der Waals surface area (Å²) in [6.45, 7) is 6.33. The minimum Gasteiger partial charge on any atom is -0.483 e. The second-order valence-corrected chi connectivity index (χ2v) is 8.58. The maximum Gasteiger partial charge on any atom is 0.422 e. The van der Waals surface area contributed by atoms with Crippen molar-refractivity contribution in [3.8, 4) is 16.9 Å². The number of benzene rings is 2. The van der Waals surface area contributed by atoms with Gasteiger partial charge >= 0.3 is 12.3 Å². The van der Waals surface area contributed by atoms with Gasteiger partial charge in [-0.3, -0.25) is 5.10 Å². The molecular formula is C23H26F3N3O3. The zero-order chi connectivity index (χ0) is 23.5. The van der Waals surface area contributed by atoms with Crippen LogP contribution in [-0.4, -0.2) is 41.2 Å². The number of alkyl carbamates (subject to hydrolysis) is 1. The quantitative estimate of drug-likeness (QED) is 0.499. The van der Waals surface area contributed by atoms with Gasteiger partial charge in [0.05, 0.1) is 17.1 Å². The second kappa shape index (κ2) is 9.10. The van der Waals surface area contributed by atoms with Crippen LogP contribution in [0.15, 0.2) is 42.6 Å². The molecule has 0 fully saturated rings. The van der Waals surface area contributed by atoms with Crippen molar-refractivity contribution in [3.63, 3.8) is 0 Å². The smallest absolute Gasteiger partial charge is 0.422 e.